The minimum Gasteiger partial charge on any atom is -0.504 e. The Morgan fingerprint density at radius 1 is 0.739 bits per heavy atom. The van der Waals surface area contributed by atoms with Gasteiger partial charge in [-0.05, 0) is 38.1 Å². The number of benzene rings is 1. The molecule has 1 spiro atoms. The largest absolute Gasteiger partial charge is 0.504 e. The number of methoxy groups -OCH3 is 1. The van der Waals surface area contributed by atoms with Gasteiger partial charge in [-0.3, -0.25) is 0 Å². The number of ether oxygens (including phenoxy) is 10. The number of hydrogen-bond acceptors (Lipinski definition) is 12. The zero-order valence-corrected chi connectivity index (χ0v) is 27.5. The fraction of sp³-hybridized carbons (Fsp3) is 0.765. The van der Waals surface area contributed by atoms with E-state index < -0.39 is 0 Å². The quantitative estimate of drug-likeness (QED) is 0.123. The molecule has 1 aromatic rings. The second-order valence-corrected chi connectivity index (χ2v) is 12.1. The molecule has 1 saturated heterocycles. The van der Waals surface area contributed by atoms with Crippen LogP contribution in [-0.4, -0.2) is 155 Å². The topological polar surface area (TPSA) is 116 Å². The van der Waals surface area contributed by atoms with Crippen molar-refractivity contribution < 1.29 is 52.5 Å². The summed E-state index contributed by atoms with van der Waals surface area (Å²) in [7, 11) is 3.87. The van der Waals surface area contributed by atoms with Gasteiger partial charge in [0.15, 0.2) is 11.5 Å². The molecule has 4 aliphatic rings. The van der Waals surface area contributed by atoms with Gasteiger partial charge in [-0.25, -0.2) is 0 Å². The van der Waals surface area contributed by atoms with E-state index in [0.29, 0.717) is 123 Å². The molecule has 1 fully saturated rings. The number of phenolic OH excluding ortho intramolecular Hbond substituents is 1. The molecular weight excluding hydrogens is 598 g/mol. The normalized spacial score (nSPS) is 26.0. The summed E-state index contributed by atoms with van der Waals surface area (Å²) in [4.78, 5) is 2.48. The van der Waals surface area contributed by atoms with E-state index in [4.69, 9.17) is 47.4 Å². The van der Waals surface area contributed by atoms with Gasteiger partial charge in [-0.1, -0.05) is 18.2 Å². The fourth-order valence-electron chi connectivity index (χ4n) is 7.17. The van der Waals surface area contributed by atoms with Crippen LogP contribution in [-0.2, 0) is 54.5 Å². The van der Waals surface area contributed by atoms with E-state index in [2.05, 4.69) is 30.2 Å². The summed E-state index contributed by atoms with van der Waals surface area (Å²) >= 11 is 0. The van der Waals surface area contributed by atoms with Crippen LogP contribution in [0.5, 0.6) is 11.5 Å². The lowest BCUT2D eigenvalue weighted by Gasteiger charge is -2.56. The van der Waals surface area contributed by atoms with Gasteiger partial charge in [0.25, 0.3) is 0 Å². The van der Waals surface area contributed by atoms with Crippen molar-refractivity contribution in [1.29, 1.82) is 0 Å². The molecule has 12 heteroatoms. The highest BCUT2D eigenvalue weighted by molar-refractivity contribution is 5.61. The van der Waals surface area contributed by atoms with Crippen molar-refractivity contribution in [2.45, 2.75) is 36.5 Å². The maximum atomic E-state index is 10.7. The van der Waals surface area contributed by atoms with Gasteiger partial charge in [-0.15, -0.1) is 0 Å². The van der Waals surface area contributed by atoms with E-state index in [9.17, 15) is 5.11 Å². The number of likely N-dealkylation sites (tertiary alicyclic amines) is 1. The number of likely N-dealkylation sites (N-methyl/N-ethyl adjacent to an activating group) is 1. The van der Waals surface area contributed by atoms with E-state index in [1.165, 1.54) is 11.1 Å². The Hall–Kier alpha value is -1.84. The van der Waals surface area contributed by atoms with Gasteiger partial charge in [0.2, 0.25) is 0 Å². The zero-order valence-electron chi connectivity index (χ0n) is 27.5. The molecule has 12 nitrogen and oxygen atoms in total. The lowest BCUT2D eigenvalue weighted by atomic mass is 9.53. The average Bonchev–Trinajstić information content (AvgIpc) is 3.42. The summed E-state index contributed by atoms with van der Waals surface area (Å²) in [6.45, 7) is 9.33. The first-order chi connectivity index (χ1) is 22.7. The van der Waals surface area contributed by atoms with Crippen LogP contribution in [0.25, 0.3) is 0 Å². The molecule has 5 rings (SSSR count). The predicted octanol–water partition coefficient (Wildman–Crippen LogP) is 1.99. The van der Waals surface area contributed by atoms with Crippen LogP contribution in [0.15, 0.2) is 24.3 Å². The maximum Gasteiger partial charge on any atom is 0.165 e. The summed E-state index contributed by atoms with van der Waals surface area (Å²) < 4.78 is 56.3. The van der Waals surface area contributed by atoms with Gasteiger partial charge in [0.05, 0.1) is 106 Å². The van der Waals surface area contributed by atoms with Gasteiger partial charge < -0.3 is 57.4 Å². The van der Waals surface area contributed by atoms with Crippen molar-refractivity contribution in [3.63, 3.8) is 0 Å². The Morgan fingerprint density at radius 3 is 1.80 bits per heavy atom. The minimum absolute atomic E-state index is 0.143. The van der Waals surface area contributed by atoms with Crippen LogP contribution in [0, 0.1) is 5.92 Å². The number of phenols is 1. The Labute approximate surface area is 273 Å². The van der Waals surface area contributed by atoms with Crippen molar-refractivity contribution in [3.05, 3.63) is 35.4 Å². The van der Waals surface area contributed by atoms with E-state index in [1.54, 1.807) is 13.2 Å². The summed E-state index contributed by atoms with van der Waals surface area (Å²) in [6.07, 6.45) is 6.15. The fourth-order valence-corrected chi connectivity index (χ4v) is 7.17. The molecule has 2 aliphatic carbocycles. The van der Waals surface area contributed by atoms with E-state index in [-0.39, 0.29) is 23.4 Å². The Kier molecular flexibility index (Phi) is 14.4. The second kappa shape index (κ2) is 18.6. The van der Waals surface area contributed by atoms with Gasteiger partial charge in [-0.2, -0.15) is 0 Å². The van der Waals surface area contributed by atoms with Crippen molar-refractivity contribution in [2.24, 2.45) is 5.92 Å². The zero-order chi connectivity index (χ0) is 32.0. The summed E-state index contributed by atoms with van der Waals surface area (Å²) in [6, 6.07) is 4.30. The third kappa shape index (κ3) is 8.79. The molecule has 0 saturated carbocycles. The number of aromatic hydroxyl groups is 1. The standard InChI is InChI=1S/C34H53NO11/c1-35-8-7-34-27-4-6-30(33(34)46-32-29(36)5-3-26(31(32)34)25-28(27)35)45-24-23-44-22-21-43-20-19-42-18-17-41-16-15-40-14-13-39-12-11-38-10-9-37-2/h3-6,27-28,30,33,36H,7-25H2,1-2H3/t27?,28?,30-,33-,34-/m0/s1. The average molecular weight is 652 g/mol. The van der Waals surface area contributed by atoms with Crippen LogP contribution in [0.2, 0.25) is 0 Å². The SMILES string of the molecule is COCCOCCOCCOCCOCCOCCOCCOCCO[C@H]1C=CC2C3Cc4ccc(O)c5c4[C@@]2(CCN3C)[C@H]1O5. The molecule has 0 amide bonds. The maximum absolute atomic E-state index is 10.7. The molecule has 2 unspecified atom stereocenters. The number of rotatable bonds is 25. The second-order valence-electron chi connectivity index (χ2n) is 12.1. The van der Waals surface area contributed by atoms with Crippen LogP contribution in [0.1, 0.15) is 17.5 Å². The number of piperidine rings is 1. The molecule has 2 heterocycles. The molecule has 260 valence electrons. The Bertz CT molecular complexity index is 1070. The van der Waals surface area contributed by atoms with Gasteiger partial charge >= 0.3 is 0 Å². The molecule has 0 aromatic heterocycles. The van der Waals surface area contributed by atoms with Crippen LogP contribution < -0.4 is 4.74 Å². The van der Waals surface area contributed by atoms with Crippen molar-refractivity contribution in [1.82, 2.24) is 4.90 Å². The predicted molar refractivity (Wildman–Crippen MR) is 169 cm³/mol. The number of nitrogens with zero attached hydrogens (tertiary/aromatic N) is 1. The van der Waals surface area contributed by atoms with Gasteiger partial charge in [0.1, 0.15) is 12.2 Å². The smallest absolute Gasteiger partial charge is 0.165 e. The Morgan fingerprint density at radius 2 is 1.26 bits per heavy atom. The minimum atomic E-state index is -0.186. The molecule has 5 atom stereocenters. The first-order valence-electron chi connectivity index (χ1n) is 16.7. The number of hydrogen-bond donors (Lipinski definition) is 1. The van der Waals surface area contributed by atoms with Crippen molar-refractivity contribution >= 4 is 0 Å². The monoisotopic (exact) mass is 651 g/mol. The first kappa shape index (κ1) is 35.5. The first-order valence-corrected chi connectivity index (χ1v) is 16.7. The molecule has 0 radical (unpaired) electrons. The summed E-state index contributed by atoms with van der Waals surface area (Å²) in [5, 5.41) is 10.7. The highest BCUT2D eigenvalue weighted by Gasteiger charge is 2.64. The molecule has 2 aliphatic heterocycles. The molecular formula is C34H53NO11. The van der Waals surface area contributed by atoms with Crippen LogP contribution in [0.4, 0.5) is 0 Å². The third-order valence-corrected chi connectivity index (χ3v) is 9.33. The summed E-state index contributed by atoms with van der Waals surface area (Å²) in [5.74, 6) is 1.25. The van der Waals surface area contributed by atoms with Gasteiger partial charge in [0, 0.05) is 30.0 Å². The highest BCUT2D eigenvalue weighted by Crippen LogP contribution is 2.62. The van der Waals surface area contributed by atoms with Crippen molar-refractivity contribution in [2.75, 3.05) is 126 Å². The lowest BCUT2D eigenvalue weighted by Crippen LogP contribution is -2.65. The van der Waals surface area contributed by atoms with Crippen molar-refractivity contribution in [3.8, 4) is 11.5 Å². The van der Waals surface area contributed by atoms with E-state index in [0.717, 1.165) is 19.4 Å². The molecule has 1 N–H and O–H groups in total. The summed E-state index contributed by atoms with van der Waals surface area (Å²) in [5.41, 5.74) is 2.37. The van der Waals surface area contributed by atoms with E-state index >= 15 is 0 Å². The Balaban J connectivity index is 0.841. The lowest BCUT2D eigenvalue weighted by molar-refractivity contribution is -0.0818. The molecule has 46 heavy (non-hydrogen) atoms. The third-order valence-electron chi connectivity index (χ3n) is 9.33. The molecule has 1 aromatic carbocycles. The van der Waals surface area contributed by atoms with Crippen LogP contribution >= 0.6 is 0 Å². The van der Waals surface area contributed by atoms with E-state index in [1.807, 2.05) is 0 Å². The highest BCUT2D eigenvalue weighted by atomic mass is 16.6. The van der Waals surface area contributed by atoms with Crippen LogP contribution in [0.3, 0.4) is 0 Å². The molecule has 2 bridgehead atoms.